The molecule has 0 fully saturated rings. The van der Waals surface area contributed by atoms with Crippen LogP contribution in [0.25, 0.3) is 11.0 Å². The van der Waals surface area contributed by atoms with Gasteiger partial charge in [0.05, 0.1) is 23.1 Å². The van der Waals surface area contributed by atoms with Crippen molar-refractivity contribution in [2.45, 2.75) is 25.1 Å². The van der Waals surface area contributed by atoms with Crippen LogP contribution in [0.15, 0.2) is 36.4 Å². The number of alkyl halides is 2. The van der Waals surface area contributed by atoms with Crippen LogP contribution in [0.5, 0.6) is 5.75 Å². The lowest BCUT2D eigenvalue weighted by molar-refractivity contribution is -0.130. The summed E-state index contributed by atoms with van der Waals surface area (Å²) in [6.07, 6.45) is 0.0873. The van der Waals surface area contributed by atoms with Gasteiger partial charge in [0.25, 0.3) is 5.91 Å². The van der Waals surface area contributed by atoms with Gasteiger partial charge in [-0.1, -0.05) is 12.0 Å². The maximum absolute atomic E-state index is 13.4. The average molecular weight is 426 g/mol. The van der Waals surface area contributed by atoms with E-state index in [1.807, 2.05) is 5.92 Å². The van der Waals surface area contributed by atoms with Crippen LogP contribution in [-0.4, -0.2) is 45.0 Å². The molecule has 0 radical (unpaired) electrons. The van der Waals surface area contributed by atoms with Gasteiger partial charge < -0.3 is 19.3 Å². The van der Waals surface area contributed by atoms with Gasteiger partial charge in [0.15, 0.2) is 0 Å². The van der Waals surface area contributed by atoms with Crippen molar-refractivity contribution in [2.75, 3.05) is 6.98 Å². The van der Waals surface area contributed by atoms with E-state index in [9.17, 15) is 18.4 Å². The van der Waals surface area contributed by atoms with Crippen molar-refractivity contribution in [3.05, 3.63) is 58.9 Å². The second-order valence-electron chi connectivity index (χ2n) is 7.14. The Labute approximate surface area is 179 Å². The zero-order chi connectivity index (χ0) is 24.4. The van der Waals surface area contributed by atoms with Gasteiger partial charge in [-0.25, -0.2) is 9.78 Å². The molecule has 0 aliphatic carbocycles. The second kappa shape index (κ2) is 6.80. The zero-order valence-corrected chi connectivity index (χ0v) is 15.7. The molecule has 3 heterocycles. The quantitative estimate of drug-likeness (QED) is 0.637. The number of carbonyl (C=O) groups is 2. The maximum atomic E-state index is 13.4. The van der Waals surface area contributed by atoms with E-state index in [2.05, 4.69) is 10.9 Å². The van der Waals surface area contributed by atoms with E-state index in [4.69, 9.17) is 14.0 Å². The largest absolute Gasteiger partial charge is 0.472 e. The van der Waals surface area contributed by atoms with Crippen LogP contribution in [-0.2, 0) is 4.79 Å². The molecule has 2 aliphatic rings. The van der Waals surface area contributed by atoms with Crippen LogP contribution < -0.4 is 4.74 Å². The van der Waals surface area contributed by atoms with Crippen LogP contribution >= 0.6 is 0 Å². The molecule has 31 heavy (non-hydrogen) atoms. The number of ether oxygens (including phenoxy) is 1. The van der Waals surface area contributed by atoms with E-state index in [1.54, 1.807) is 22.8 Å². The van der Waals surface area contributed by atoms with Gasteiger partial charge in [-0.15, -0.1) is 0 Å². The van der Waals surface area contributed by atoms with Crippen LogP contribution in [0.4, 0.5) is 8.78 Å². The summed E-state index contributed by atoms with van der Waals surface area (Å²) in [5.74, 6) is 2.47. The van der Waals surface area contributed by atoms with E-state index in [0.29, 0.717) is 16.6 Å². The smallest absolute Gasteiger partial charge is 0.387 e. The number of carbonyl (C=O) groups excluding carboxylic acids is 1. The molecule has 3 aromatic rings. The number of benzene rings is 2. The number of fused-ring (bicyclic) bond motifs is 9. The maximum Gasteiger partial charge on any atom is 0.387 e. The number of amides is 1. The highest BCUT2D eigenvalue weighted by atomic mass is 19.3. The molecule has 1 amide bonds. The first-order valence-electron chi connectivity index (χ1n) is 10.7. The standard InChI is InChI=1S/C22H15F2N3O4/c1-26-16-10-15(19-12(21(26)30)3-2-4-17(19)31-22(23)24)27-14-9-11(6-8-18(28)29)5-7-13(14)25-20(16)27/h2-5,7,9,15-16,22H,10H2,1H3,(H,28,29)/t15-,16-/m1/s1/i1D3. The number of carboxylic acids is 1. The molecule has 7 nitrogen and oxygen atoms in total. The lowest BCUT2D eigenvalue weighted by atomic mass is 9.97. The minimum absolute atomic E-state index is 0.0453. The number of aromatic nitrogens is 2. The molecule has 2 aliphatic heterocycles. The number of aliphatic carboxylic acids is 1. The highest BCUT2D eigenvalue weighted by Crippen LogP contribution is 2.49. The number of imidazole rings is 1. The molecule has 156 valence electrons. The van der Waals surface area contributed by atoms with Gasteiger partial charge >= 0.3 is 12.6 Å². The van der Waals surface area contributed by atoms with Crippen molar-refractivity contribution in [1.82, 2.24) is 14.5 Å². The lowest BCUT2D eigenvalue weighted by Crippen LogP contribution is -2.30. The van der Waals surface area contributed by atoms with Gasteiger partial charge in [0, 0.05) is 40.1 Å². The Morgan fingerprint density at radius 2 is 2.19 bits per heavy atom. The minimum Gasteiger partial charge on any atom is -0.472 e. The van der Waals surface area contributed by atoms with Gasteiger partial charge in [-0.2, -0.15) is 8.78 Å². The number of hydrogen-bond donors (Lipinski definition) is 1. The molecule has 2 aromatic carbocycles. The topological polar surface area (TPSA) is 84.7 Å². The summed E-state index contributed by atoms with van der Waals surface area (Å²) in [5, 5.41) is 8.84. The van der Waals surface area contributed by atoms with Gasteiger partial charge in [0.1, 0.15) is 11.6 Å². The van der Waals surface area contributed by atoms with Crippen LogP contribution in [0.3, 0.4) is 0 Å². The summed E-state index contributed by atoms with van der Waals surface area (Å²) < 4.78 is 56.8. The van der Waals surface area contributed by atoms with Crippen molar-refractivity contribution in [2.24, 2.45) is 0 Å². The molecule has 0 spiro atoms. The first kappa shape index (κ1) is 15.8. The summed E-state index contributed by atoms with van der Waals surface area (Å²) in [6, 6.07) is 7.14. The van der Waals surface area contributed by atoms with Gasteiger partial charge in [0.2, 0.25) is 0 Å². The zero-order valence-electron chi connectivity index (χ0n) is 18.7. The van der Waals surface area contributed by atoms with E-state index < -0.39 is 37.5 Å². The molecule has 0 unspecified atom stereocenters. The van der Waals surface area contributed by atoms with Gasteiger partial charge in [-0.3, -0.25) is 4.79 Å². The van der Waals surface area contributed by atoms with Crippen LogP contribution in [0.2, 0.25) is 0 Å². The molecule has 5 rings (SSSR count). The third kappa shape index (κ3) is 2.91. The molecule has 2 bridgehead atoms. The Bertz CT molecular complexity index is 1420. The van der Waals surface area contributed by atoms with Crippen molar-refractivity contribution in [3.8, 4) is 17.6 Å². The van der Waals surface area contributed by atoms with E-state index in [0.717, 1.165) is 4.90 Å². The number of rotatable bonds is 2. The molecule has 0 saturated carbocycles. The van der Waals surface area contributed by atoms with Crippen molar-refractivity contribution >= 4 is 22.9 Å². The monoisotopic (exact) mass is 426 g/mol. The predicted octanol–water partition coefficient (Wildman–Crippen LogP) is 3.19. The molecule has 2 atom stereocenters. The Hall–Kier alpha value is -3.93. The van der Waals surface area contributed by atoms with E-state index in [-0.39, 0.29) is 29.1 Å². The summed E-state index contributed by atoms with van der Waals surface area (Å²) in [6.45, 7) is -5.98. The Morgan fingerprint density at radius 3 is 2.94 bits per heavy atom. The normalized spacial score (nSPS) is 20.8. The number of nitrogens with zero attached hydrogens (tertiary/aromatic N) is 3. The molecule has 1 aromatic heterocycles. The fourth-order valence-corrected chi connectivity index (χ4v) is 4.31. The summed E-state index contributed by atoms with van der Waals surface area (Å²) >= 11 is 0. The lowest BCUT2D eigenvalue weighted by Gasteiger charge is -2.24. The van der Waals surface area contributed by atoms with E-state index in [1.165, 1.54) is 18.2 Å². The SMILES string of the molecule is [2H]C([2H])([2H])N1C(=O)c2cccc(OC(F)F)c2[C@H]2C[C@@H]1c1nc3ccc(C#CC(=O)O)cc3n12. The van der Waals surface area contributed by atoms with Crippen molar-refractivity contribution in [3.63, 3.8) is 0 Å². The first-order valence-corrected chi connectivity index (χ1v) is 9.24. The Balaban J connectivity index is 1.80. The van der Waals surface area contributed by atoms with Crippen molar-refractivity contribution < 1.29 is 32.3 Å². The summed E-state index contributed by atoms with van der Waals surface area (Å²) in [5.41, 5.74) is 1.43. The highest BCUT2D eigenvalue weighted by Gasteiger charge is 2.44. The summed E-state index contributed by atoms with van der Waals surface area (Å²) in [7, 11) is 0. The van der Waals surface area contributed by atoms with Gasteiger partial charge in [-0.05, 0) is 30.3 Å². The van der Waals surface area contributed by atoms with E-state index >= 15 is 0 Å². The first-order chi connectivity index (χ1) is 16.1. The Morgan fingerprint density at radius 1 is 1.35 bits per heavy atom. The molecular formula is C22H15F2N3O4. The third-order valence-electron chi connectivity index (χ3n) is 5.46. The average Bonchev–Trinajstić information content (AvgIpc) is 3.24. The fraction of sp³-hybridized carbons (Fsp3) is 0.227. The number of hydrogen-bond acceptors (Lipinski definition) is 4. The fourth-order valence-electron chi connectivity index (χ4n) is 4.31. The molecule has 1 N–H and O–H groups in total. The second-order valence-corrected chi connectivity index (χ2v) is 7.14. The minimum atomic E-state index is -3.15. The van der Waals surface area contributed by atoms with Crippen molar-refractivity contribution in [1.29, 1.82) is 0 Å². The number of carboxylic acid groups (broad SMARTS) is 1. The Kier molecular flexibility index (Phi) is 3.48. The predicted molar refractivity (Wildman–Crippen MR) is 105 cm³/mol. The molecule has 9 heteroatoms. The number of halogens is 2. The molecule has 0 saturated heterocycles. The van der Waals surface area contributed by atoms with Crippen LogP contribution in [0, 0.1) is 11.8 Å². The highest BCUT2D eigenvalue weighted by molar-refractivity contribution is 5.98. The molecular weight excluding hydrogens is 408 g/mol. The third-order valence-corrected chi connectivity index (χ3v) is 5.46. The summed E-state index contributed by atoms with van der Waals surface area (Å²) in [4.78, 5) is 29.5. The van der Waals surface area contributed by atoms with Crippen LogP contribution in [0.1, 0.15) is 49.9 Å².